The van der Waals surface area contributed by atoms with E-state index in [1.54, 1.807) is 6.20 Å². The molecular formula is C26H23N3O5. The summed E-state index contributed by atoms with van der Waals surface area (Å²) in [7, 11) is 0. The highest BCUT2D eigenvalue weighted by Gasteiger charge is 2.36. The van der Waals surface area contributed by atoms with Crippen LogP contribution >= 0.6 is 0 Å². The number of aromatic nitrogens is 3. The standard InChI is InChI=1S/C26H23N3O5/c1-26(17-32-21-11-6-14-27-25(21)33-26)20-10-5-9-19(15-20)24-28-22(34-29-24)12-13-23(30)31-16-18-7-3-2-4-8-18/h2-11,14-15H,12-13,16-17H2,1H3/t26-/m0/s1. The molecule has 3 heterocycles. The lowest BCUT2D eigenvalue weighted by atomic mass is 9.94. The van der Waals surface area contributed by atoms with E-state index >= 15 is 0 Å². The number of rotatable bonds is 7. The molecule has 1 aliphatic rings. The number of esters is 1. The van der Waals surface area contributed by atoms with Gasteiger partial charge in [-0.1, -0.05) is 53.7 Å². The van der Waals surface area contributed by atoms with Crippen LogP contribution in [0.4, 0.5) is 0 Å². The molecule has 34 heavy (non-hydrogen) atoms. The molecule has 0 unspecified atom stereocenters. The van der Waals surface area contributed by atoms with E-state index in [1.807, 2.05) is 73.7 Å². The average Bonchev–Trinajstić information content (AvgIpc) is 3.36. The maximum Gasteiger partial charge on any atom is 0.306 e. The molecule has 5 rings (SSSR count). The summed E-state index contributed by atoms with van der Waals surface area (Å²) in [5.41, 5.74) is 1.90. The van der Waals surface area contributed by atoms with Crippen molar-refractivity contribution in [2.45, 2.75) is 32.0 Å². The maximum atomic E-state index is 12.1. The molecule has 0 radical (unpaired) electrons. The van der Waals surface area contributed by atoms with Crippen LogP contribution in [0.15, 0.2) is 77.4 Å². The SMILES string of the molecule is C[C@@]1(c2cccc(-c3noc(CCC(=O)OCc4ccccc4)n3)c2)COc2cccnc2O1. The third-order valence-corrected chi connectivity index (χ3v) is 5.55. The number of hydrogen-bond donors (Lipinski definition) is 0. The largest absolute Gasteiger partial charge is 0.483 e. The molecule has 0 fully saturated rings. The Morgan fingerprint density at radius 1 is 1.09 bits per heavy atom. The summed E-state index contributed by atoms with van der Waals surface area (Å²) in [4.78, 5) is 20.8. The molecule has 172 valence electrons. The third-order valence-electron chi connectivity index (χ3n) is 5.55. The lowest BCUT2D eigenvalue weighted by Gasteiger charge is -2.35. The number of benzene rings is 2. The van der Waals surface area contributed by atoms with Gasteiger partial charge < -0.3 is 18.7 Å². The molecular weight excluding hydrogens is 434 g/mol. The second-order valence-electron chi connectivity index (χ2n) is 8.17. The first-order valence-corrected chi connectivity index (χ1v) is 11.0. The van der Waals surface area contributed by atoms with E-state index in [0.29, 0.717) is 36.4 Å². The van der Waals surface area contributed by atoms with Crippen LogP contribution in [0, 0.1) is 0 Å². The van der Waals surface area contributed by atoms with Crippen LogP contribution in [0.1, 0.15) is 30.4 Å². The summed E-state index contributed by atoms with van der Waals surface area (Å²) in [6.45, 7) is 2.54. The highest BCUT2D eigenvalue weighted by atomic mass is 16.6. The Hall–Kier alpha value is -4.20. The minimum atomic E-state index is -0.716. The summed E-state index contributed by atoms with van der Waals surface area (Å²) < 4.78 is 22.7. The summed E-state index contributed by atoms with van der Waals surface area (Å²) in [5.74, 6) is 1.58. The second kappa shape index (κ2) is 9.35. The molecule has 2 aromatic heterocycles. The van der Waals surface area contributed by atoms with E-state index in [4.69, 9.17) is 18.7 Å². The summed E-state index contributed by atoms with van der Waals surface area (Å²) >= 11 is 0. The van der Waals surface area contributed by atoms with Gasteiger partial charge in [-0.3, -0.25) is 4.79 Å². The lowest BCUT2D eigenvalue weighted by Crippen LogP contribution is -2.39. The van der Waals surface area contributed by atoms with Crippen molar-refractivity contribution in [2.24, 2.45) is 0 Å². The van der Waals surface area contributed by atoms with Crippen molar-refractivity contribution >= 4 is 5.97 Å². The van der Waals surface area contributed by atoms with Gasteiger partial charge in [-0.15, -0.1) is 0 Å². The van der Waals surface area contributed by atoms with Gasteiger partial charge in [0.2, 0.25) is 11.7 Å². The van der Waals surface area contributed by atoms with E-state index in [9.17, 15) is 4.79 Å². The zero-order valence-electron chi connectivity index (χ0n) is 18.6. The Kier molecular flexibility index (Phi) is 5.95. The first-order valence-electron chi connectivity index (χ1n) is 11.0. The molecule has 1 aliphatic heterocycles. The molecule has 0 saturated carbocycles. The van der Waals surface area contributed by atoms with Crippen LogP contribution in [0.25, 0.3) is 11.4 Å². The van der Waals surface area contributed by atoms with Gasteiger partial charge in [0.05, 0.1) is 6.42 Å². The molecule has 0 N–H and O–H groups in total. The van der Waals surface area contributed by atoms with Crippen LogP contribution in [0.3, 0.4) is 0 Å². The van der Waals surface area contributed by atoms with Crippen LogP contribution in [-0.4, -0.2) is 27.7 Å². The molecule has 8 heteroatoms. The van der Waals surface area contributed by atoms with Crippen LogP contribution in [0.5, 0.6) is 11.6 Å². The lowest BCUT2D eigenvalue weighted by molar-refractivity contribution is -0.145. The molecule has 8 nitrogen and oxygen atoms in total. The van der Waals surface area contributed by atoms with Crippen molar-refractivity contribution in [3.63, 3.8) is 0 Å². The number of nitrogens with zero attached hydrogens (tertiary/aromatic N) is 3. The van der Waals surface area contributed by atoms with Crippen LogP contribution in [0.2, 0.25) is 0 Å². The van der Waals surface area contributed by atoms with Crippen LogP contribution in [-0.2, 0) is 28.2 Å². The van der Waals surface area contributed by atoms with Gasteiger partial charge in [0, 0.05) is 18.2 Å². The van der Waals surface area contributed by atoms with Gasteiger partial charge in [0.15, 0.2) is 11.4 Å². The number of ether oxygens (including phenoxy) is 3. The van der Waals surface area contributed by atoms with Crippen molar-refractivity contribution in [1.29, 1.82) is 0 Å². The minimum absolute atomic E-state index is 0.157. The Labute approximate surface area is 196 Å². The minimum Gasteiger partial charge on any atom is -0.483 e. The summed E-state index contributed by atoms with van der Waals surface area (Å²) in [5, 5.41) is 4.08. The van der Waals surface area contributed by atoms with E-state index in [1.165, 1.54) is 0 Å². The Balaban J connectivity index is 1.22. The monoisotopic (exact) mass is 457 g/mol. The van der Waals surface area contributed by atoms with Crippen molar-refractivity contribution < 1.29 is 23.5 Å². The van der Waals surface area contributed by atoms with Gasteiger partial charge in [-0.05, 0) is 36.2 Å². The first-order chi connectivity index (χ1) is 16.6. The fourth-order valence-corrected chi connectivity index (χ4v) is 3.64. The molecule has 4 aromatic rings. The van der Waals surface area contributed by atoms with Crippen molar-refractivity contribution in [1.82, 2.24) is 15.1 Å². The second-order valence-corrected chi connectivity index (χ2v) is 8.17. The molecule has 2 aromatic carbocycles. The Bertz CT molecular complexity index is 1290. The smallest absolute Gasteiger partial charge is 0.306 e. The fraction of sp³-hybridized carbons (Fsp3) is 0.231. The molecule has 0 spiro atoms. The van der Waals surface area contributed by atoms with Crippen molar-refractivity contribution in [2.75, 3.05) is 6.61 Å². The number of pyridine rings is 1. The van der Waals surface area contributed by atoms with Gasteiger partial charge in [0.1, 0.15) is 13.2 Å². The van der Waals surface area contributed by atoms with Gasteiger partial charge in [-0.2, -0.15) is 4.98 Å². The van der Waals surface area contributed by atoms with E-state index < -0.39 is 5.60 Å². The number of carbonyl (C=O) groups is 1. The molecule has 0 amide bonds. The number of aryl methyl sites for hydroxylation is 1. The normalized spacial score (nSPS) is 16.7. The predicted octanol–water partition coefficient (Wildman–Crippen LogP) is 4.49. The summed E-state index contributed by atoms with van der Waals surface area (Å²) in [6.07, 6.45) is 2.13. The zero-order chi connectivity index (χ0) is 23.4. The zero-order valence-corrected chi connectivity index (χ0v) is 18.6. The number of fused-ring (bicyclic) bond motifs is 1. The third kappa shape index (κ3) is 4.76. The molecule has 0 aliphatic carbocycles. The van der Waals surface area contributed by atoms with E-state index in [2.05, 4.69) is 15.1 Å². The fourth-order valence-electron chi connectivity index (χ4n) is 3.64. The predicted molar refractivity (Wildman–Crippen MR) is 122 cm³/mol. The molecule has 1 atom stereocenters. The highest BCUT2D eigenvalue weighted by Crippen LogP contribution is 2.38. The average molecular weight is 457 g/mol. The van der Waals surface area contributed by atoms with Crippen molar-refractivity contribution in [3.05, 3.63) is 89.9 Å². The first kappa shape index (κ1) is 21.6. The Morgan fingerprint density at radius 3 is 2.85 bits per heavy atom. The van der Waals surface area contributed by atoms with Gasteiger partial charge in [-0.25, -0.2) is 4.98 Å². The van der Waals surface area contributed by atoms with Crippen molar-refractivity contribution in [3.8, 4) is 23.0 Å². The van der Waals surface area contributed by atoms with Gasteiger partial charge >= 0.3 is 5.97 Å². The van der Waals surface area contributed by atoms with E-state index in [-0.39, 0.29) is 19.0 Å². The quantitative estimate of drug-likeness (QED) is 0.375. The Morgan fingerprint density at radius 2 is 1.97 bits per heavy atom. The van der Waals surface area contributed by atoms with Crippen LogP contribution < -0.4 is 9.47 Å². The molecule has 0 saturated heterocycles. The van der Waals surface area contributed by atoms with E-state index in [0.717, 1.165) is 16.7 Å². The maximum absolute atomic E-state index is 12.1. The number of hydrogen-bond acceptors (Lipinski definition) is 8. The topological polar surface area (TPSA) is 96.6 Å². The summed E-state index contributed by atoms with van der Waals surface area (Å²) in [6, 6.07) is 20.9. The highest BCUT2D eigenvalue weighted by molar-refractivity contribution is 5.69. The molecule has 0 bridgehead atoms. The number of carbonyl (C=O) groups excluding carboxylic acids is 1. The van der Waals surface area contributed by atoms with Gasteiger partial charge in [0.25, 0.3) is 5.88 Å².